The number of hydrogen-bond donors (Lipinski definition) is 0. The molecule has 0 atom stereocenters. The molecule has 0 aliphatic heterocycles. The molecule has 0 bridgehead atoms. The Morgan fingerprint density at radius 1 is 1.09 bits per heavy atom. The zero-order chi connectivity index (χ0) is 15.4. The van der Waals surface area contributed by atoms with Crippen molar-refractivity contribution in [3.8, 4) is 0 Å². The van der Waals surface area contributed by atoms with Crippen molar-refractivity contribution in [2.24, 2.45) is 0 Å². The summed E-state index contributed by atoms with van der Waals surface area (Å²) in [5, 5.41) is 2.61. The van der Waals surface area contributed by atoms with Gasteiger partial charge in [0.25, 0.3) is 5.91 Å². The second-order valence-corrected chi connectivity index (χ2v) is 6.13. The number of amides is 1. The van der Waals surface area contributed by atoms with Crippen LogP contribution in [0.2, 0.25) is 5.02 Å². The highest BCUT2D eigenvalue weighted by Gasteiger charge is 2.19. The molecule has 22 heavy (non-hydrogen) atoms. The first kappa shape index (κ1) is 14.8. The maximum atomic E-state index is 12.8. The molecule has 1 amide bonds. The lowest BCUT2D eigenvalue weighted by atomic mass is 10.2. The van der Waals surface area contributed by atoms with Crippen LogP contribution in [0, 0.1) is 0 Å². The number of pyridine rings is 1. The highest BCUT2D eigenvalue weighted by molar-refractivity contribution is 7.09. The molecule has 0 unspecified atom stereocenters. The third kappa shape index (κ3) is 3.35. The zero-order valence-corrected chi connectivity index (χ0v) is 13.2. The van der Waals surface area contributed by atoms with E-state index in [9.17, 15) is 4.79 Å². The molecule has 0 saturated carbocycles. The molecule has 2 aromatic heterocycles. The molecule has 110 valence electrons. The van der Waals surface area contributed by atoms with Gasteiger partial charge in [-0.15, -0.1) is 11.3 Å². The second-order valence-electron chi connectivity index (χ2n) is 4.67. The van der Waals surface area contributed by atoms with Gasteiger partial charge in [0.2, 0.25) is 0 Å². The van der Waals surface area contributed by atoms with E-state index in [4.69, 9.17) is 11.6 Å². The standard InChI is InChI=1S/C17H13ClN2OS/c18-14-8-6-13(7-9-14)17(21)20(12-15-4-3-11-22-15)16-5-1-2-10-19-16/h1-11H,12H2. The summed E-state index contributed by atoms with van der Waals surface area (Å²) in [5.41, 5.74) is 0.589. The first-order valence-corrected chi connectivity index (χ1v) is 8.00. The van der Waals surface area contributed by atoms with Crippen molar-refractivity contribution < 1.29 is 4.79 Å². The largest absolute Gasteiger partial charge is 0.287 e. The van der Waals surface area contributed by atoms with Crippen molar-refractivity contribution in [1.29, 1.82) is 0 Å². The van der Waals surface area contributed by atoms with Gasteiger partial charge < -0.3 is 0 Å². The summed E-state index contributed by atoms with van der Waals surface area (Å²) in [6.45, 7) is 0.496. The molecule has 0 N–H and O–H groups in total. The average molecular weight is 329 g/mol. The number of rotatable bonds is 4. The van der Waals surface area contributed by atoms with E-state index in [0.717, 1.165) is 4.88 Å². The Hall–Kier alpha value is -2.17. The second kappa shape index (κ2) is 6.73. The van der Waals surface area contributed by atoms with Crippen molar-refractivity contribution in [1.82, 2.24) is 4.98 Å². The lowest BCUT2D eigenvalue weighted by molar-refractivity contribution is 0.0984. The molecule has 0 aliphatic carbocycles. The van der Waals surface area contributed by atoms with E-state index in [1.54, 1.807) is 46.7 Å². The molecular weight excluding hydrogens is 316 g/mol. The van der Waals surface area contributed by atoms with Gasteiger partial charge in [0.05, 0.1) is 6.54 Å². The van der Waals surface area contributed by atoms with Gasteiger partial charge in [0, 0.05) is 21.7 Å². The topological polar surface area (TPSA) is 33.2 Å². The van der Waals surface area contributed by atoms with Gasteiger partial charge in [0.1, 0.15) is 5.82 Å². The quantitative estimate of drug-likeness (QED) is 0.698. The molecule has 0 aliphatic rings. The van der Waals surface area contributed by atoms with Crippen LogP contribution in [0.1, 0.15) is 15.2 Å². The van der Waals surface area contributed by atoms with E-state index in [-0.39, 0.29) is 5.91 Å². The minimum absolute atomic E-state index is 0.0937. The molecule has 0 saturated heterocycles. The van der Waals surface area contributed by atoms with Crippen LogP contribution in [-0.2, 0) is 6.54 Å². The number of carbonyl (C=O) groups excluding carboxylic acids is 1. The van der Waals surface area contributed by atoms with Gasteiger partial charge >= 0.3 is 0 Å². The minimum atomic E-state index is -0.0937. The van der Waals surface area contributed by atoms with Crippen LogP contribution in [0.3, 0.4) is 0 Å². The van der Waals surface area contributed by atoms with E-state index in [2.05, 4.69) is 4.98 Å². The SMILES string of the molecule is O=C(c1ccc(Cl)cc1)N(Cc1cccs1)c1ccccn1. The summed E-state index contributed by atoms with van der Waals surface area (Å²) in [6, 6.07) is 16.4. The van der Waals surface area contributed by atoms with Crippen LogP contribution < -0.4 is 4.90 Å². The van der Waals surface area contributed by atoms with Gasteiger partial charge in [-0.25, -0.2) is 4.98 Å². The molecule has 0 spiro atoms. The summed E-state index contributed by atoms with van der Waals surface area (Å²) < 4.78 is 0. The van der Waals surface area contributed by atoms with Crippen molar-refractivity contribution in [3.05, 3.63) is 81.6 Å². The molecule has 0 radical (unpaired) electrons. The smallest absolute Gasteiger partial charge is 0.259 e. The minimum Gasteiger partial charge on any atom is -0.287 e. The Kier molecular flexibility index (Phi) is 4.51. The maximum Gasteiger partial charge on any atom is 0.259 e. The third-order valence-electron chi connectivity index (χ3n) is 3.16. The monoisotopic (exact) mass is 328 g/mol. The Balaban J connectivity index is 1.94. The molecule has 3 nitrogen and oxygen atoms in total. The molecule has 3 rings (SSSR count). The number of halogens is 1. The number of anilines is 1. The number of benzene rings is 1. The lowest BCUT2D eigenvalue weighted by Gasteiger charge is -2.21. The van der Waals surface area contributed by atoms with E-state index < -0.39 is 0 Å². The first-order valence-electron chi connectivity index (χ1n) is 6.75. The van der Waals surface area contributed by atoms with Crippen LogP contribution >= 0.6 is 22.9 Å². The van der Waals surface area contributed by atoms with E-state index in [1.165, 1.54) is 0 Å². The number of nitrogens with zero attached hydrogens (tertiary/aromatic N) is 2. The number of aromatic nitrogens is 1. The first-order chi connectivity index (χ1) is 10.7. The van der Waals surface area contributed by atoms with Crippen molar-refractivity contribution in [2.75, 3.05) is 4.90 Å². The summed E-state index contributed by atoms with van der Waals surface area (Å²) in [7, 11) is 0. The number of carbonyl (C=O) groups is 1. The fourth-order valence-corrected chi connectivity index (χ4v) is 2.90. The molecule has 5 heteroatoms. The van der Waals surface area contributed by atoms with Gasteiger partial charge in [-0.1, -0.05) is 23.7 Å². The maximum absolute atomic E-state index is 12.8. The molecule has 0 fully saturated rings. The number of thiophene rings is 1. The van der Waals surface area contributed by atoms with Crippen LogP contribution in [0.4, 0.5) is 5.82 Å². The summed E-state index contributed by atoms with van der Waals surface area (Å²) >= 11 is 7.51. The fourth-order valence-electron chi connectivity index (χ4n) is 2.08. The summed E-state index contributed by atoms with van der Waals surface area (Å²) in [6.07, 6.45) is 1.69. The molecule has 3 aromatic rings. The highest BCUT2D eigenvalue weighted by atomic mass is 35.5. The molecular formula is C17H13ClN2OS. The zero-order valence-electron chi connectivity index (χ0n) is 11.6. The predicted octanol–water partition coefficient (Wildman–Crippen LogP) is 4.64. The Labute approximate surface area is 137 Å². The van der Waals surface area contributed by atoms with Crippen LogP contribution in [0.5, 0.6) is 0 Å². The van der Waals surface area contributed by atoms with Gasteiger partial charge in [-0.3, -0.25) is 9.69 Å². The van der Waals surface area contributed by atoms with Crippen LogP contribution in [0.15, 0.2) is 66.2 Å². The Morgan fingerprint density at radius 3 is 2.55 bits per heavy atom. The Bertz CT molecular complexity index is 742. The normalized spacial score (nSPS) is 10.4. The van der Waals surface area contributed by atoms with Gasteiger partial charge in [-0.2, -0.15) is 0 Å². The number of hydrogen-bond acceptors (Lipinski definition) is 3. The highest BCUT2D eigenvalue weighted by Crippen LogP contribution is 2.21. The van der Waals surface area contributed by atoms with E-state index in [1.807, 2.05) is 35.7 Å². The lowest BCUT2D eigenvalue weighted by Crippen LogP contribution is -2.30. The van der Waals surface area contributed by atoms with Crippen molar-refractivity contribution >= 4 is 34.7 Å². The predicted molar refractivity (Wildman–Crippen MR) is 90.5 cm³/mol. The third-order valence-corrected chi connectivity index (χ3v) is 4.27. The fraction of sp³-hybridized carbons (Fsp3) is 0.0588. The summed E-state index contributed by atoms with van der Waals surface area (Å²) in [4.78, 5) is 19.9. The van der Waals surface area contributed by atoms with E-state index in [0.29, 0.717) is 22.9 Å². The van der Waals surface area contributed by atoms with Gasteiger partial charge in [-0.05, 0) is 47.8 Å². The molecule has 1 aromatic carbocycles. The van der Waals surface area contributed by atoms with Crippen molar-refractivity contribution in [3.63, 3.8) is 0 Å². The summed E-state index contributed by atoms with van der Waals surface area (Å²) in [5.74, 6) is 0.541. The molecule has 2 heterocycles. The average Bonchev–Trinajstić information content (AvgIpc) is 3.07. The van der Waals surface area contributed by atoms with Gasteiger partial charge in [0.15, 0.2) is 0 Å². The van der Waals surface area contributed by atoms with Crippen molar-refractivity contribution in [2.45, 2.75) is 6.54 Å². The van der Waals surface area contributed by atoms with Crippen LogP contribution in [-0.4, -0.2) is 10.9 Å². The Morgan fingerprint density at radius 2 is 1.91 bits per heavy atom. The van der Waals surface area contributed by atoms with E-state index >= 15 is 0 Å². The van der Waals surface area contributed by atoms with Crippen LogP contribution in [0.25, 0.3) is 0 Å².